The lowest BCUT2D eigenvalue weighted by Crippen LogP contribution is -2.36. The van der Waals surface area contributed by atoms with Crippen LogP contribution in [0.4, 0.5) is 0 Å². The van der Waals surface area contributed by atoms with Gasteiger partial charge in [-0.3, -0.25) is 0 Å². The summed E-state index contributed by atoms with van der Waals surface area (Å²) in [6.07, 6.45) is 2.88. The van der Waals surface area contributed by atoms with Crippen LogP contribution in [0, 0.1) is 5.92 Å². The van der Waals surface area contributed by atoms with Crippen molar-refractivity contribution >= 4 is 21.8 Å². The minimum absolute atomic E-state index is 0.301. The second-order valence-electron chi connectivity index (χ2n) is 4.42. The molecule has 0 aromatic heterocycles. The summed E-state index contributed by atoms with van der Waals surface area (Å²) in [5.74, 6) is 2.77. The van der Waals surface area contributed by atoms with Crippen LogP contribution in [-0.2, 0) is 10.0 Å². The molecule has 0 radical (unpaired) electrons. The molecule has 2 N–H and O–H groups in total. The van der Waals surface area contributed by atoms with Crippen molar-refractivity contribution < 1.29 is 8.42 Å². The summed E-state index contributed by atoms with van der Waals surface area (Å²) < 4.78 is 26.3. The molecule has 0 unspecified atom stereocenters. The number of thioether (sulfide) groups is 1. The lowest BCUT2D eigenvalue weighted by atomic mass is 10.0. The molecule has 0 atom stereocenters. The Hall–Kier alpha value is 0.220. The van der Waals surface area contributed by atoms with Crippen molar-refractivity contribution in [3.8, 4) is 0 Å². The molecule has 1 aliphatic rings. The van der Waals surface area contributed by atoms with Gasteiger partial charge in [-0.25, -0.2) is 13.1 Å². The van der Waals surface area contributed by atoms with Gasteiger partial charge in [0.2, 0.25) is 10.0 Å². The summed E-state index contributed by atoms with van der Waals surface area (Å²) in [6.45, 7) is 4.60. The number of hydrogen-bond acceptors (Lipinski definition) is 4. The molecule has 1 saturated heterocycles. The van der Waals surface area contributed by atoms with Gasteiger partial charge in [0.05, 0.1) is 5.75 Å². The average molecular weight is 280 g/mol. The normalized spacial score (nSPS) is 18.4. The second kappa shape index (κ2) is 8.34. The minimum Gasteiger partial charge on any atom is -0.317 e. The number of hydrogen-bond donors (Lipinski definition) is 2. The molecule has 4 nitrogen and oxygen atoms in total. The smallest absolute Gasteiger partial charge is 0.211 e. The molecule has 102 valence electrons. The van der Waals surface area contributed by atoms with Crippen molar-refractivity contribution in [1.29, 1.82) is 0 Å². The molecule has 1 heterocycles. The maximum absolute atomic E-state index is 11.8. The Morgan fingerprint density at radius 1 is 1.35 bits per heavy atom. The standard InChI is InChI=1S/C11H24N2O2S2/c1-2-16-9-3-6-13-17(14,15)10-11-4-7-12-8-5-11/h11-13H,2-10H2,1H3. The molecule has 0 spiro atoms. The summed E-state index contributed by atoms with van der Waals surface area (Å²) in [7, 11) is -3.06. The van der Waals surface area contributed by atoms with Crippen LogP contribution in [-0.4, -0.2) is 45.3 Å². The van der Waals surface area contributed by atoms with Gasteiger partial charge >= 0.3 is 0 Å². The molecule has 1 aliphatic heterocycles. The largest absolute Gasteiger partial charge is 0.317 e. The van der Waals surface area contributed by atoms with Gasteiger partial charge < -0.3 is 5.32 Å². The summed E-state index contributed by atoms with van der Waals surface area (Å²) in [4.78, 5) is 0. The monoisotopic (exact) mass is 280 g/mol. The zero-order valence-corrected chi connectivity index (χ0v) is 12.2. The van der Waals surface area contributed by atoms with Crippen LogP contribution in [0.3, 0.4) is 0 Å². The van der Waals surface area contributed by atoms with E-state index in [4.69, 9.17) is 0 Å². The number of nitrogens with one attached hydrogen (secondary N) is 2. The lowest BCUT2D eigenvalue weighted by Gasteiger charge is -2.22. The zero-order valence-electron chi connectivity index (χ0n) is 10.6. The quantitative estimate of drug-likeness (QED) is 0.653. The van der Waals surface area contributed by atoms with Gasteiger partial charge in [0.1, 0.15) is 0 Å². The van der Waals surface area contributed by atoms with E-state index in [0.717, 1.165) is 43.9 Å². The van der Waals surface area contributed by atoms with E-state index in [1.807, 2.05) is 11.8 Å². The van der Waals surface area contributed by atoms with Crippen LogP contribution < -0.4 is 10.0 Å². The minimum atomic E-state index is -3.06. The van der Waals surface area contributed by atoms with Crippen LogP contribution >= 0.6 is 11.8 Å². The van der Waals surface area contributed by atoms with Gasteiger partial charge in [-0.1, -0.05) is 6.92 Å². The van der Waals surface area contributed by atoms with Crippen LogP contribution in [0.1, 0.15) is 26.2 Å². The van der Waals surface area contributed by atoms with E-state index in [1.165, 1.54) is 0 Å². The summed E-state index contributed by atoms with van der Waals surface area (Å²) >= 11 is 1.85. The highest BCUT2D eigenvalue weighted by Crippen LogP contribution is 2.13. The third kappa shape index (κ3) is 7.28. The maximum atomic E-state index is 11.8. The molecule has 0 aliphatic carbocycles. The molecular weight excluding hydrogens is 256 g/mol. The molecule has 0 saturated carbocycles. The zero-order chi connectivity index (χ0) is 12.6. The summed E-state index contributed by atoms with van der Waals surface area (Å²) in [5.41, 5.74) is 0. The average Bonchev–Trinajstić information content (AvgIpc) is 2.29. The molecule has 0 aromatic rings. The maximum Gasteiger partial charge on any atom is 0.211 e. The first-order valence-electron chi connectivity index (χ1n) is 6.40. The highest BCUT2D eigenvalue weighted by molar-refractivity contribution is 7.99. The number of sulfonamides is 1. The first-order chi connectivity index (χ1) is 8.14. The van der Waals surface area contributed by atoms with Crippen molar-refractivity contribution in [2.75, 3.05) is 36.9 Å². The van der Waals surface area contributed by atoms with Crippen molar-refractivity contribution in [2.24, 2.45) is 5.92 Å². The fraction of sp³-hybridized carbons (Fsp3) is 1.00. The molecule has 1 rings (SSSR count). The van der Waals surface area contributed by atoms with Crippen molar-refractivity contribution in [3.63, 3.8) is 0 Å². The SMILES string of the molecule is CCSCCCNS(=O)(=O)CC1CCNCC1. The molecule has 0 aromatic carbocycles. The Labute approximate surface area is 109 Å². The van der Waals surface area contributed by atoms with E-state index in [2.05, 4.69) is 17.0 Å². The lowest BCUT2D eigenvalue weighted by molar-refractivity contribution is 0.400. The van der Waals surface area contributed by atoms with E-state index < -0.39 is 10.0 Å². The van der Waals surface area contributed by atoms with Gasteiger partial charge in [-0.05, 0) is 49.8 Å². The predicted octanol–water partition coefficient (Wildman–Crippen LogP) is 1.05. The topological polar surface area (TPSA) is 58.2 Å². The Morgan fingerprint density at radius 3 is 2.71 bits per heavy atom. The second-order valence-corrected chi connectivity index (χ2v) is 7.66. The van der Waals surface area contributed by atoms with E-state index in [-0.39, 0.29) is 0 Å². The highest BCUT2D eigenvalue weighted by Gasteiger charge is 2.20. The van der Waals surface area contributed by atoms with Crippen LogP contribution in [0.15, 0.2) is 0 Å². The predicted molar refractivity (Wildman–Crippen MR) is 75.0 cm³/mol. The van der Waals surface area contributed by atoms with Crippen LogP contribution in [0.5, 0.6) is 0 Å². The Bertz CT molecular complexity index is 288. The highest BCUT2D eigenvalue weighted by atomic mass is 32.2. The van der Waals surface area contributed by atoms with Gasteiger partial charge in [0.15, 0.2) is 0 Å². The van der Waals surface area contributed by atoms with Gasteiger partial charge in [0.25, 0.3) is 0 Å². The molecule has 17 heavy (non-hydrogen) atoms. The molecule has 0 bridgehead atoms. The fourth-order valence-corrected chi connectivity index (χ4v) is 4.13. The van der Waals surface area contributed by atoms with Crippen LogP contribution in [0.2, 0.25) is 0 Å². The third-order valence-electron chi connectivity index (χ3n) is 2.91. The molecule has 0 amide bonds. The Kier molecular flexibility index (Phi) is 7.50. The number of rotatable bonds is 8. The Balaban J connectivity index is 2.16. The van der Waals surface area contributed by atoms with Gasteiger partial charge in [-0.15, -0.1) is 0 Å². The van der Waals surface area contributed by atoms with E-state index >= 15 is 0 Å². The van der Waals surface area contributed by atoms with E-state index in [9.17, 15) is 8.42 Å². The summed E-state index contributed by atoms with van der Waals surface area (Å²) in [5, 5.41) is 3.25. The first-order valence-corrected chi connectivity index (χ1v) is 9.20. The fourth-order valence-electron chi connectivity index (χ4n) is 1.96. The van der Waals surface area contributed by atoms with Gasteiger partial charge in [0, 0.05) is 6.54 Å². The van der Waals surface area contributed by atoms with E-state index in [1.54, 1.807) is 0 Å². The molecule has 1 fully saturated rings. The van der Waals surface area contributed by atoms with Gasteiger partial charge in [-0.2, -0.15) is 11.8 Å². The van der Waals surface area contributed by atoms with E-state index in [0.29, 0.717) is 18.2 Å². The third-order valence-corrected chi connectivity index (χ3v) is 5.45. The van der Waals surface area contributed by atoms with Crippen LogP contribution in [0.25, 0.3) is 0 Å². The van der Waals surface area contributed by atoms with Crippen molar-refractivity contribution in [2.45, 2.75) is 26.2 Å². The number of piperidine rings is 1. The molecular formula is C11H24N2O2S2. The van der Waals surface area contributed by atoms with Crippen molar-refractivity contribution in [3.05, 3.63) is 0 Å². The van der Waals surface area contributed by atoms with Crippen molar-refractivity contribution in [1.82, 2.24) is 10.0 Å². The first kappa shape index (κ1) is 15.3. The summed E-state index contributed by atoms with van der Waals surface area (Å²) in [6, 6.07) is 0. The molecule has 6 heteroatoms. The Morgan fingerprint density at radius 2 is 2.06 bits per heavy atom.